The molecular formula is C22H30N4OS2. The summed E-state index contributed by atoms with van der Waals surface area (Å²) in [5, 5.41) is 5.06. The number of thioether (sulfide) groups is 1. The molecule has 29 heavy (non-hydrogen) atoms. The summed E-state index contributed by atoms with van der Waals surface area (Å²) in [6.45, 7) is 15.3. The first-order chi connectivity index (χ1) is 13.8. The molecular weight excluding hydrogens is 400 g/mol. The van der Waals surface area contributed by atoms with E-state index >= 15 is 0 Å². The molecule has 1 aromatic carbocycles. The van der Waals surface area contributed by atoms with Crippen molar-refractivity contribution in [3.8, 4) is 0 Å². The Morgan fingerprint density at radius 3 is 2.52 bits per heavy atom. The average Bonchev–Trinajstić information content (AvgIpc) is 3.18. The summed E-state index contributed by atoms with van der Waals surface area (Å²) >= 11 is 3.09. The van der Waals surface area contributed by atoms with Crippen LogP contribution in [0, 0.1) is 0 Å². The molecule has 1 N–H and O–H groups in total. The fourth-order valence-electron chi connectivity index (χ4n) is 3.12. The fourth-order valence-corrected chi connectivity index (χ4v) is 4.97. The van der Waals surface area contributed by atoms with Gasteiger partial charge in [0.25, 0.3) is 0 Å². The van der Waals surface area contributed by atoms with Crippen molar-refractivity contribution in [1.29, 1.82) is 0 Å². The Bertz CT molecular complexity index is 818. The van der Waals surface area contributed by atoms with E-state index in [9.17, 15) is 4.79 Å². The molecule has 1 aromatic heterocycles. The van der Waals surface area contributed by atoms with Gasteiger partial charge in [0.05, 0.1) is 11.4 Å². The SMILES string of the molecule is C=CCN1CCN(c2ccc(NC(=O)CSc3nc(C(C)(C)C)cs3)cc2)CC1. The van der Waals surface area contributed by atoms with E-state index in [0.29, 0.717) is 5.75 Å². The first-order valence-corrected chi connectivity index (χ1v) is 11.8. The summed E-state index contributed by atoms with van der Waals surface area (Å²) in [7, 11) is 0. The largest absolute Gasteiger partial charge is 0.369 e. The van der Waals surface area contributed by atoms with Crippen LogP contribution in [0.5, 0.6) is 0 Å². The maximum atomic E-state index is 12.3. The van der Waals surface area contributed by atoms with Gasteiger partial charge in [-0.05, 0) is 24.3 Å². The molecule has 5 nitrogen and oxygen atoms in total. The number of aromatic nitrogens is 1. The highest BCUT2D eigenvalue weighted by atomic mass is 32.2. The van der Waals surface area contributed by atoms with Gasteiger partial charge in [0, 0.05) is 54.9 Å². The highest BCUT2D eigenvalue weighted by molar-refractivity contribution is 8.01. The highest BCUT2D eigenvalue weighted by Gasteiger charge is 2.18. The minimum Gasteiger partial charge on any atom is -0.369 e. The number of rotatable bonds is 7. The molecule has 2 heterocycles. The van der Waals surface area contributed by atoms with Crippen LogP contribution in [0.4, 0.5) is 11.4 Å². The Kier molecular flexibility index (Phi) is 7.38. The lowest BCUT2D eigenvalue weighted by atomic mass is 9.93. The number of amides is 1. The van der Waals surface area contributed by atoms with Crippen LogP contribution in [0.1, 0.15) is 26.5 Å². The van der Waals surface area contributed by atoms with Crippen molar-refractivity contribution in [1.82, 2.24) is 9.88 Å². The molecule has 0 spiro atoms. The van der Waals surface area contributed by atoms with E-state index in [2.05, 4.69) is 65.0 Å². The highest BCUT2D eigenvalue weighted by Crippen LogP contribution is 2.29. The standard InChI is InChI=1S/C22H30N4OS2/c1-5-10-25-11-13-26(14-12-25)18-8-6-17(7-9-18)23-20(27)16-29-21-24-19(15-28-21)22(2,3)4/h5-9,15H,1,10-14,16H2,2-4H3,(H,23,27). The van der Waals surface area contributed by atoms with Crippen LogP contribution in [0.25, 0.3) is 0 Å². The number of hydrogen-bond donors (Lipinski definition) is 1. The van der Waals surface area contributed by atoms with Gasteiger partial charge < -0.3 is 10.2 Å². The predicted molar refractivity (Wildman–Crippen MR) is 125 cm³/mol. The van der Waals surface area contributed by atoms with Crippen molar-refractivity contribution in [2.45, 2.75) is 30.5 Å². The van der Waals surface area contributed by atoms with Gasteiger partial charge in [0.2, 0.25) is 5.91 Å². The van der Waals surface area contributed by atoms with E-state index in [-0.39, 0.29) is 11.3 Å². The molecule has 0 atom stereocenters. The fraction of sp³-hybridized carbons (Fsp3) is 0.455. The molecule has 1 aliphatic rings. The number of carbonyl (C=O) groups excluding carboxylic acids is 1. The zero-order valence-electron chi connectivity index (χ0n) is 17.5. The van der Waals surface area contributed by atoms with Gasteiger partial charge >= 0.3 is 0 Å². The average molecular weight is 431 g/mol. The Morgan fingerprint density at radius 2 is 1.93 bits per heavy atom. The van der Waals surface area contributed by atoms with E-state index < -0.39 is 0 Å². The molecule has 1 fully saturated rings. The molecule has 0 radical (unpaired) electrons. The summed E-state index contributed by atoms with van der Waals surface area (Å²) in [6, 6.07) is 8.13. The second-order valence-electron chi connectivity index (χ2n) is 8.21. The van der Waals surface area contributed by atoms with Gasteiger partial charge in [-0.1, -0.05) is 38.6 Å². The smallest absolute Gasteiger partial charge is 0.234 e. The van der Waals surface area contributed by atoms with Gasteiger partial charge in [-0.25, -0.2) is 4.98 Å². The van der Waals surface area contributed by atoms with E-state index in [4.69, 9.17) is 0 Å². The van der Waals surface area contributed by atoms with Crippen LogP contribution < -0.4 is 10.2 Å². The molecule has 0 unspecified atom stereocenters. The number of nitrogens with one attached hydrogen (secondary N) is 1. The van der Waals surface area contributed by atoms with Gasteiger partial charge in [-0.2, -0.15) is 0 Å². The number of thiazole rings is 1. The van der Waals surface area contributed by atoms with Crippen molar-refractivity contribution in [3.05, 3.63) is 48.0 Å². The molecule has 1 aliphatic heterocycles. The zero-order chi connectivity index (χ0) is 20.9. The molecule has 0 bridgehead atoms. The Balaban J connectivity index is 1.46. The van der Waals surface area contributed by atoms with Gasteiger partial charge in [0.1, 0.15) is 0 Å². The van der Waals surface area contributed by atoms with Crippen molar-refractivity contribution >= 4 is 40.4 Å². The Hall–Kier alpha value is -1.83. The number of hydrogen-bond acceptors (Lipinski definition) is 6. The monoisotopic (exact) mass is 430 g/mol. The van der Waals surface area contributed by atoms with Crippen LogP contribution >= 0.6 is 23.1 Å². The van der Waals surface area contributed by atoms with Crippen molar-refractivity contribution in [2.75, 3.05) is 48.7 Å². The van der Waals surface area contributed by atoms with E-state index in [1.54, 1.807) is 11.3 Å². The molecule has 1 amide bonds. The summed E-state index contributed by atoms with van der Waals surface area (Å²) in [4.78, 5) is 21.7. The Morgan fingerprint density at radius 1 is 1.24 bits per heavy atom. The van der Waals surface area contributed by atoms with Crippen LogP contribution in [-0.2, 0) is 10.2 Å². The third-order valence-corrected chi connectivity index (χ3v) is 6.88. The minimum absolute atomic E-state index is 0.00621. The number of carbonyl (C=O) groups is 1. The molecule has 3 rings (SSSR count). The molecule has 0 aliphatic carbocycles. The number of nitrogens with zero attached hydrogens (tertiary/aromatic N) is 3. The summed E-state index contributed by atoms with van der Waals surface area (Å²) in [6.07, 6.45) is 1.96. The lowest BCUT2D eigenvalue weighted by Crippen LogP contribution is -2.46. The molecule has 1 saturated heterocycles. The van der Waals surface area contributed by atoms with E-state index in [0.717, 1.165) is 48.4 Å². The zero-order valence-corrected chi connectivity index (χ0v) is 19.1. The molecule has 7 heteroatoms. The Labute approximate surface area is 182 Å². The molecule has 2 aromatic rings. The van der Waals surface area contributed by atoms with Crippen molar-refractivity contribution in [2.24, 2.45) is 0 Å². The third kappa shape index (κ3) is 6.32. The quantitative estimate of drug-likeness (QED) is 0.518. The van der Waals surface area contributed by atoms with Crippen LogP contribution in [0.2, 0.25) is 0 Å². The summed E-state index contributed by atoms with van der Waals surface area (Å²) in [5.41, 5.74) is 3.15. The number of piperazine rings is 1. The maximum absolute atomic E-state index is 12.3. The van der Waals surface area contributed by atoms with Gasteiger partial charge in [-0.15, -0.1) is 17.9 Å². The van der Waals surface area contributed by atoms with Crippen LogP contribution in [-0.4, -0.2) is 54.3 Å². The van der Waals surface area contributed by atoms with Crippen molar-refractivity contribution < 1.29 is 4.79 Å². The van der Waals surface area contributed by atoms with Gasteiger partial charge in [0.15, 0.2) is 4.34 Å². The number of anilines is 2. The first kappa shape index (κ1) is 21.9. The maximum Gasteiger partial charge on any atom is 0.234 e. The number of benzene rings is 1. The molecule has 0 saturated carbocycles. The predicted octanol–water partition coefficient (Wildman–Crippen LogP) is 4.48. The summed E-state index contributed by atoms with van der Waals surface area (Å²) in [5.74, 6) is 0.359. The topological polar surface area (TPSA) is 48.5 Å². The second kappa shape index (κ2) is 9.78. The summed E-state index contributed by atoms with van der Waals surface area (Å²) < 4.78 is 0.941. The molecule has 156 valence electrons. The second-order valence-corrected chi connectivity index (χ2v) is 10.3. The van der Waals surface area contributed by atoms with E-state index in [1.807, 2.05) is 18.2 Å². The van der Waals surface area contributed by atoms with Crippen LogP contribution in [0.3, 0.4) is 0 Å². The minimum atomic E-state index is -0.00621. The lowest BCUT2D eigenvalue weighted by molar-refractivity contribution is -0.113. The van der Waals surface area contributed by atoms with Crippen molar-refractivity contribution in [3.63, 3.8) is 0 Å². The van der Waals surface area contributed by atoms with Crippen LogP contribution in [0.15, 0.2) is 46.6 Å². The third-order valence-electron chi connectivity index (χ3n) is 4.85. The van der Waals surface area contributed by atoms with Gasteiger partial charge in [-0.3, -0.25) is 9.69 Å². The lowest BCUT2D eigenvalue weighted by Gasteiger charge is -2.35. The first-order valence-electron chi connectivity index (χ1n) is 9.92. The normalized spacial score (nSPS) is 15.3. The van der Waals surface area contributed by atoms with E-state index in [1.165, 1.54) is 17.4 Å².